The van der Waals surface area contributed by atoms with Gasteiger partial charge in [-0.25, -0.2) is 0 Å². The number of aliphatic hydroxyl groups is 1. The first-order chi connectivity index (χ1) is 5.48. The van der Waals surface area contributed by atoms with Gasteiger partial charge >= 0.3 is 0 Å². The van der Waals surface area contributed by atoms with Crippen molar-refractivity contribution in [2.75, 3.05) is 0 Å². The van der Waals surface area contributed by atoms with E-state index in [-0.39, 0.29) is 11.7 Å². The minimum atomic E-state index is -0.507. The summed E-state index contributed by atoms with van der Waals surface area (Å²) in [7, 11) is 0. The van der Waals surface area contributed by atoms with Crippen LogP contribution in [0, 0.1) is 11.3 Å². The second-order valence-corrected chi connectivity index (χ2v) is 4.25. The first-order valence-electron chi connectivity index (χ1n) is 4.71. The molecule has 0 aromatic rings. The molecular formula is C10H18O2. The lowest BCUT2D eigenvalue weighted by atomic mass is 9.67. The fraction of sp³-hybridized carbons (Fsp3) is 0.900. The third-order valence-electron chi connectivity index (χ3n) is 3.27. The van der Waals surface area contributed by atoms with Crippen LogP contribution in [-0.2, 0) is 4.79 Å². The fourth-order valence-electron chi connectivity index (χ4n) is 2.01. The number of rotatable bonds is 1. The van der Waals surface area contributed by atoms with Crippen molar-refractivity contribution in [3.63, 3.8) is 0 Å². The van der Waals surface area contributed by atoms with Crippen LogP contribution in [0.2, 0.25) is 0 Å². The van der Waals surface area contributed by atoms with E-state index in [9.17, 15) is 9.90 Å². The minimum Gasteiger partial charge on any atom is -0.392 e. The molecule has 2 unspecified atom stereocenters. The summed E-state index contributed by atoms with van der Waals surface area (Å²) < 4.78 is 0. The van der Waals surface area contributed by atoms with E-state index in [0.29, 0.717) is 0 Å². The molecule has 0 aliphatic heterocycles. The number of aliphatic hydroxyl groups excluding tert-OH is 1. The molecule has 0 aromatic carbocycles. The molecule has 1 aliphatic rings. The highest BCUT2D eigenvalue weighted by Gasteiger charge is 2.42. The average molecular weight is 170 g/mol. The summed E-state index contributed by atoms with van der Waals surface area (Å²) in [5.41, 5.74) is -0.475. The van der Waals surface area contributed by atoms with Gasteiger partial charge in [-0.2, -0.15) is 0 Å². The average Bonchev–Trinajstić information content (AvgIpc) is 2.00. The quantitative estimate of drug-likeness (QED) is 0.651. The van der Waals surface area contributed by atoms with E-state index in [0.717, 1.165) is 19.3 Å². The maximum Gasteiger partial charge on any atom is 0.144 e. The zero-order chi connectivity index (χ0) is 9.35. The van der Waals surface area contributed by atoms with Gasteiger partial charge in [-0.1, -0.05) is 20.3 Å². The molecule has 70 valence electrons. The van der Waals surface area contributed by atoms with Crippen molar-refractivity contribution < 1.29 is 9.90 Å². The number of hydrogen-bond acceptors (Lipinski definition) is 2. The molecule has 2 nitrogen and oxygen atoms in total. The molecule has 0 heterocycles. The number of carbonyl (C=O) groups excluding carboxylic acids is 1. The molecule has 2 heteroatoms. The molecular weight excluding hydrogens is 152 g/mol. The lowest BCUT2D eigenvalue weighted by Gasteiger charge is -2.37. The molecule has 12 heavy (non-hydrogen) atoms. The van der Waals surface area contributed by atoms with Crippen molar-refractivity contribution in [3.8, 4) is 0 Å². The van der Waals surface area contributed by atoms with Crippen LogP contribution < -0.4 is 0 Å². The van der Waals surface area contributed by atoms with Gasteiger partial charge < -0.3 is 5.11 Å². The van der Waals surface area contributed by atoms with Crippen LogP contribution in [0.4, 0.5) is 0 Å². The summed E-state index contributed by atoms with van der Waals surface area (Å²) in [5.74, 6) is 0.377. The second kappa shape index (κ2) is 3.17. The fourth-order valence-corrected chi connectivity index (χ4v) is 2.01. The minimum absolute atomic E-state index is 0.137. The summed E-state index contributed by atoms with van der Waals surface area (Å²) in [6.07, 6.45) is 2.39. The molecule has 1 fully saturated rings. The predicted molar refractivity (Wildman–Crippen MR) is 47.8 cm³/mol. The Balaban J connectivity index is 2.81. The van der Waals surface area contributed by atoms with E-state index in [1.807, 2.05) is 13.8 Å². The summed E-state index contributed by atoms with van der Waals surface area (Å²) in [6.45, 7) is 5.56. The summed E-state index contributed by atoms with van der Waals surface area (Å²) in [4.78, 5) is 11.7. The third-order valence-corrected chi connectivity index (χ3v) is 3.27. The van der Waals surface area contributed by atoms with Crippen LogP contribution in [0.15, 0.2) is 0 Å². The molecule has 1 rings (SSSR count). The van der Waals surface area contributed by atoms with Crippen LogP contribution in [0.5, 0.6) is 0 Å². The summed E-state index contributed by atoms with van der Waals surface area (Å²) >= 11 is 0. The lowest BCUT2D eigenvalue weighted by Crippen LogP contribution is -2.44. The monoisotopic (exact) mass is 170 g/mol. The summed E-state index contributed by atoms with van der Waals surface area (Å²) in [5, 5.41) is 9.50. The molecule has 1 aliphatic carbocycles. The predicted octanol–water partition coefficient (Wildman–Crippen LogP) is 1.76. The highest BCUT2D eigenvalue weighted by atomic mass is 16.3. The molecule has 0 amide bonds. The molecule has 1 saturated carbocycles. The molecule has 1 N–H and O–H groups in total. The molecule has 0 bridgehead atoms. The van der Waals surface area contributed by atoms with E-state index in [2.05, 4.69) is 0 Å². The topological polar surface area (TPSA) is 37.3 Å². The SMILES string of the molecule is CC(O)C1(C)CCC[C@@H](C)C1=O. The van der Waals surface area contributed by atoms with Crippen molar-refractivity contribution in [3.05, 3.63) is 0 Å². The van der Waals surface area contributed by atoms with E-state index in [4.69, 9.17) is 0 Å². The van der Waals surface area contributed by atoms with Gasteiger partial charge in [0.15, 0.2) is 0 Å². The maximum absolute atomic E-state index is 11.7. The van der Waals surface area contributed by atoms with Gasteiger partial charge in [-0.3, -0.25) is 4.79 Å². The third kappa shape index (κ3) is 1.40. The van der Waals surface area contributed by atoms with E-state index < -0.39 is 11.5 Å². The smallest absolute Gasteiger partial charge is 0.144 e. The standard InChI is InChI=1S/C10H18O2/c1-7-5-4-6-10(3,8(2)11)9(7)12/h7-8,11H,4-6H2,1-3H3/t7-,8?,10?/m1/s1. The van der Waals surface area contributed by atoms with Gasteiger partial charge in [0, 0.05) is 5.92 Å². The Morgan fingerprint density at radius 1 is 1.67 bits per heavy atom. The van der Waals surface area contributed by atoms with Crippen molar-refractivity contribution in [2.24, 2.45) is 11.3 Å². The summed E-state index contributed by atoms with van der Waals surface area (Å²) in [6, 6.07) is 0. The molecule has 0 spiro atoms. The largest absolute Gasteiger partial charge is 0.392 e. The van der Waals surface area contributed by atoms with Crippen LogP contribution in [0.1, 0.15) is 40.0 Å². The van der Waals surface area contributed by atoms with Crippen LogP contribution in [-0.4, -0.2) is 17.0 Å². The van der Waals surface area contributed by atoms with Crippen LogP contribution in [0.3, 0.4) is 0 Å². The van der Waals surface area contributed by atoms with E-state index in [1.165, 1.54) is 0 Å². The van der Waals surface area contributed by atoms with Crippen molar-refractivity contribution in [1.82, 2.24) is 0 Å². The molecule has 0 saturated heterocycles. The Morgan fingerprint density at radius 2 is 2.25 bits per heavy atom. The molecule has 0 radical (unpaired) electrons. The number of ketones is 1. The van der Waals surface area contributed by atoms with Crippen molar-refractivity contribution in [2.45, 2.75) is 46.1 Å². The van der Waals surface area contributed by atoms with Gasteiger partial charge in [0.1, 0.15) is 5.78 Å². The number of carbonyl (C=O) groups is 1. The Kier molecular flexibility index (Phi) is 2.57. The van der Waals surface area contributed by atoms with Gasteiger partial charge in [-0.05, 0) is 19.8 Å². The Hall–Kier alpha value is -0.370. The van der Waals surface area contributed by atoms with Crippen LogP contribution >= 0.6 is 0 Å². The zero-order valence-corrected chi connectivity index (χ0v) is 8.13. The van der Waals surface area contributed by atoms with Crippen LogP contribution in [0.25, 0.3) is 0 Å². The Morgan fingerprint density at radius 3 is 2.67 bits per heavy atom. The first-order valence-corrected chi connectivity index (χ1v) is 4.71. The van der Waals surface area contributed by atoms with E-state index in [1.54, 1.807) is 6.92 Å². The number of Topliss-reactive ketones (excluding diaryl/α,β-unsaturated/α-hetero) is 1. The molecule has 0 aromatic heterocycles. The first kappa shape index (κ1) is 9.72. The number of hydrogen-bond donors (Lipinski definition) is 1. The van der Waals surface area contributed by atoms with Gasteiger partial charge in [0.05, 0.1) is 11.5 Å². The second-order valence-electron chi connectivity index (χ2n) is 4.25. The van der Waals surface area contributed by atoms with Gasteiger partial charge in [0.2, 0.25) is 0 Å². The zero-order valence-electron chi connectivity index (χ0n) is 8.13. The van der Waals surface area contributed by atoms with Gasteiger partial charge in [0.25, 0.3) is 0 Å². The Labute approximate surface area is 74.0 Å². The highest BCUT2D eigenvalue weighted by Crippen LogP contribution is 2.38. The van der Waals surface area contributed by atoms with Crippen molar-refractivity contribution >= 4 is 5.78 Å². The highest BCUT2D eigenvalue weighted by molar-refractivity contribution is 5.87. The Bertz CT molecular complexity index is 186. The maximum atomic E-state index is 11.7. The van der Waals surface area contributed by atoms with Crippen molar-refractivity contribution in [1.29, 1.82) is 0 Å². The lowest BCUT2D eigenvalue weighted by molar-refractivity contribution is -0.141. The normalized spacial score (nSPS) is 39.7. The van der Waals surface area contributed by atoms with Gasteiger partial charge in [-0.15, -0.1) is 0 Å². The molecule has 3 atom stereocenters. The van der Waals surface area contributed by atoms with E-state index >= 15 is 0 Å².